The zero-order valence-corrected chi connectivity index (χ0v) is 13.7. The molecule has 1 aliphatic rings. The van der Waals surface area contributed by atoms with Gasteiger partial charge in [0.25, 0.3) is 0 Å². The van der Waals surface area contributed by atoms with Gasteiger partial charge in [0.05, 0.1) is 31.8 Å². The Bertz CT molecular complexity index is 532. The molecule has 1 saturated carbocycles. The monoisotopic (exact) mass is 320 g/mol. The van der Waals surface area contributed by atoms with Crippen molar-refractivity contribution in [2.45, 2.75) is 32.6 Å². The number of hydrogen-bond acceptors (Lipinski definition) is 5. The van der Waals surface area contributed by atoms with Crippen molar-refractivity contribution in [2.75, 3.05) is 20.3 Å². The van der Waals surface area contributed by atoms with E-state index in [1.165, 1.54) is 7.11 Å². The first-order valence-corrected chi connectivity index (χ1v) is 8.10. The van der Waals surface area contributed by atoms with Crippen LogP contribution in [0.1, 0.15) is 43.0 Å². The van der Waals surface area contributed by atoms with Crippen LogP contribution in [0.25, 0.3) is 0 Å². The molecule has 5 heteroatoms. The molecule has 0 atom stereocenters. The molecule has 0 aromatic heterocycles. The lowest BCUT2D eigenvalue weighted by Gasteiger charge is -2.26. The van der Waals surface area contributed by atoms with Gasteiger partial charge >= 0.3 is 5.97 Å². The highest BCUT2D eigenvalue weighted by Crippen LogP contribution is 2.30. The van der Waals surface area contributed by atoms with Crippen LogP contribution in [0.15, 0.2) is 18.2 Å². The van der Waals surface area contributed by atoms with Gasteiger partial charge in [-0.3, -0.25) is 9.59 Å². The van der Waals surface area contributed by atoms with Gasteiger partial charge in [0.15, 0.2) is 6.29 Å². The Morgan fingerprint density at radius 1 is 1.22 bits per heavy atom. The Labute approximate surface area is 136 Å². The molecule has 0 aliphatic heterocycles. The summed E-state index contributed by atoms with van der Waals surface area (Å²) < 4.78 is 16.0. The number of benzene rings is 1. The van der Waals surface area contributed by atoms with Gasteiger partial charge < -0.3 is 14.2 Å². The smallest absolute Gasteiger partial charge is 0.308 e. The summed E-state index contributed by atoms with van der Waals surface area (Å²) in [6.45, 7) is 2.99. The fraction of sp³-hybridized carbons (Fsp3) is 0.556. The topological polar surface area (TPSA) is 61.8 Å². The van der Waals surface area contributed by atoms with Crippen molar-refractivity contribution in [1.82, 2.24) is 0 Å². The first-order chi connectivity index (χ1) is 11.2. The second kappa shape index (κ2) is 8.56. The number of aldehydes is 1. The number of carbonyl (C=O) groups excluding carboxylic acids is 2. The molecule has 23 heavy (non-hydrogen) atoms. The summed E-state index contributed by atoms with van der Waals surface area (Å²) in [5, 5.41) is 0. The lowest BCUT2D eigenvalue weighted by molar-refractivity contribution is -0.146. The molecule has 0 heterocycles. The average molecular weight is 320 g/mol. The molecule has 0 amide bonds. The predicted octanol–water partition coefficient (Wildman–Crippen LogP) is 3.26. The van der Waals surface area contributed by atoms with E-state index in [0.717, 1.165) is 32.0 Å². The Hall–Kier alpha value is -2.04. The predicted molar refractivity (Wildman–Crippen MR) is 86.0 cm³/mol. The van der Waals surface area contributed by atoms with Crippen LogP contribution in [-0.2, 0) is 9.53 Å². The minimum absolute atomic E-state index is 0.0309. The van der Waals surface area contributed by atoms with Crippen LogP contribution in [0.4, 0.5) is 0 Å². The van der Waals surface area contributed by atoms with E-state index in [4.69, 9.17) is 14.2 Å². The van der Waals surface area contributed by atoms with Gasteiger partial charge in [-0.2, -0.15) is 0 Å². The van der Waals surface area contributed by atoms with Crippen molar-refractivity contribution in [1.29, 1.82) is 0 Å². The van der Waals surface area contributed by atoms with Gasteiger partial charge in [-0.05, 0) is 56.7 Å². The molecule has 0 bridgehead atoms. The summed E-state index contributed by atoms with van der Waals surface area (Å²) in [4.78, 5) is 22.6. The van der Waals surface area contributed by atoms with Crippen LogP contribution in [0.5, 0.6) is 11.5 Å². The molecule has 5 nitrogen and oxygen atoms in total. The van der Waals surface area contributed by atoms with Crippen LogP contribution in [0.3, 0.4) is 0 Å². The maximum atomic E-state index is 11.5. The quantitative estimate of drug-likeness (QED) is 0.570. The van der Waals surface area contributed by atoms with Crippen LogP contribution < -0.4 is 9.47 Å². The molecule has 2 rings (SSSR count). The summed E-state index contributed by atoms with van der Waals surface area (Å²) in [7, 11) is 1.44. The zero-order valence-electron chi connectivity index (χ0n) is 13.7. The summed E-state index contributed by atoms with van der Waals surface area (Å²) >= 11 is 0. The molecular weight excluding hydrogens is 296 g/mol. The molecule has 0 spiro atoms. The second-order valence-corrected chi connectivity index (χ2v) is 5.80. The summed E-state index contributed by atoms with van der Waals surface area (Å²) in [6, 6.07) is 5.28. The molecule has 0 saturated heterocycles. The number of methoxy groups -OCH3 is 1. The minimum Gasteiger partial charge on any atom is -0.493 e. The van der Waals surface area contributed by atoms with Gasteiger partial charge in [-0.1, -0.05) is 0 Å². The van der Waals surface area contributed by atoms with E-state index in [2.05, 4.69) is 0 Å². The number of esters is 1. The van der Waals surface area contributed by atoms with E-state index < -0.39 is 0 Å². The maximum absolute atomic E-state index is 11.5. The lowest BCUT2D eigenvalue weighted by atomic mass is 9.82. The van der Waals surface area contributed by atoms with E-state index in [9.17, 15) is 9.59 Å². The van der Waals surface area contributed by atoms with Crippen molar-refractivity contribution in [3.63, 3.8) is 0 Å². The first kappa shape index (κ1) is 17.3. The number of ether oxygens (including phenoxy) is 3. The van der Waals surface area contributed by atoms with Crippen LogP contribution in [-0.4, -0.2) is 32.6 Å². The van der Waals surface area contributed by atoms with Crippen molar-refractivity contribution < 1.29 is 23.8 Å². The Morgan fingerprint density at radius 3 is 2.57 bits per heavy atom. The van der Waals surface area contributed by atoms with Crippen molar-refractivity contribution >= 4 is 12.3 Å². The fourth-order valence-corrected chi connectivity index (χ4v) is 2.94. The third-order valence-electron chi connectivity index (χ3n) is 4.28. The van der Waals surface area contributed by atoms with E-state index in [-0.39, 0.29) is 11.9 Å². The highest BCUT2D eigenvalue weighted by atomic mass is 16.5. The zero-order chi connectivity index (χ0) is 16.7. The number of rotatable bonds is 7. The first-order valence-electron chi connectivity index (χ1n) is 8.10. The summed E-state index contributed by atoms with van der Waals surface area (Å²) in [5.41, 5.74) is 0.499. The maximum Gasteiger partial charge on any atom is 0.308 e. The second-order valence-electron chi connectivity index (χ2n) is 5.80. The summed E-state index contributed by atoms with van der Waals surface area (Å²) in [6.07, 6.45) is 4.39. The largest absolute Gasteiger partial charge is 0.493 e. The highest BCUT2D eigenvalue weighted by Gasteiger charge is 2.27. The standard InChI is InChI=1S/C18H24O5/c1-3-22-17-9-8-16(10-15(17)11-19)23-12-13-4-6-14(7-5-13)18(20)21-2/h8-11,13-14H,3-7,12H2,1-2H3. The van der Waals surface area contributed by atoms with Crippen molar-refractivity contribution in [2.24, 2.45) is 11.8 Å². The van der Waals surface area contributed by atoms with Gasteiger partial charge in [-0.15, -0.1) is 0 Å². The van der Waals surface area contributed by atoms with Gasteiger partial charge in [0.2, 0.25) is 0 Å². The lowest BCUT2D eigenvalue weighted by Crippen LogP contribution is -2.25. The van der Waals surface area contributed by atoms with Crippen LogP contribution >= 0.6 is 0 Å². The Balaban J connectivity index is 1.85. The Kier molecular flexibility index (Phi) is 6.44. The van der Waals surface area contributed by atoms with Crippen LogP contribution in [0, 0.1) is 11.8 Å². The van der Waals surface area contributed by atoms with E-state index in [1.807, 2.05) is 13.0 Å². The summed E-state index contributed by atoms with van der Waals surface area (Å²) in [5.74, 6) is 1.61. The molecule has 126 valence electrons. The van der Waals surface area contributed by atoms with Gasteiger partial charge in [0.1, 0.15) is 11.5 Å². The molecular formula is C18H24O5. The average Bonchev–Trinajstić information content (AvgIpc) is 2.60. The van der Waals surface area contributed by atoms with E-state index >= 15 is 0 Å². The molecule has 1 fully saturated rings. The molecule has 0 radical (unpaired) electrons. The van der Waals surface area contributed by atoms with E-state index in [0.29, 0.717) is 36.2 Å². The fourth-order valence-electron chi connectivity index (χ4n) is 2.94. The minimum atomic E-state index is -0.105. The molecule has 1 aromatic rings. The van der Waals surface area contributed by atoms with Gasteiger partial charge in [0, 0.05) is 0 Å². The molecule has 0 N–H and O–H groups in total. The van der Waals surface area contributed by atoms with Crippen molar-refractivity contribution in [3.05, 3.63) is 23.8 Å². The normalized spacial score (nSPS) is 20.6. The molecule has 1 aliphatic carbocycles. The molecule has 0 unspecified atom stereocenters. The third kappa shape index (κ3) is 4.71. The van der Waals surface area contributed by atoms with Crippen molar-refractivity contribution in [3.8, 4) is 11.5 Å². The van der Waals surface area contributed by atoms with Gasteiger partial charge in [-0.25, -0.2) is 0 Å². The van der Waals surface area contributed by atoms with E-state index in [1.54, 1.807) is 12.1 Å². The Morgan fingerprint density at radius 2 is 1.96 bits per heavy atom. The SMILES string of the molecule is CCOc1ccc(OCC2CCC(C(=O)OC)CC2)cc1C=O. The number of carbonyl (C=O) groups is 2. The third-order valence-corrected chi connectivity index (χ3v) is 4.28. The molecule has 1 aromatic carbocycles. The van der Waals surface area contributed by atoms with Crippen LogP contribution in [0.2, 0.25) is 0 Å². The highest BCUT2D eigenvalue weighted by molar-refractivity contribution is 5.80. The number of hydrogen-bond donors (Lipinski definition) is 0.